The maximum absolute atomic E-state index is 12.1. The third-order valence-electron chi connectivity index (χ3n) is 2.84. The molecule has 0 unspecified atom stereocenters. The van der Waals surface area contributed by atoms with E-state index >= 15 is 0 Å². The molecular weight excluding hydrogens is 262 g/mol. The lowest BCUT2D eigenvalue weighted by atomic mass is 10.1. The SMILES string of the molecule is Cc1ccc(C)c(NC(=O)c2cc(O)ccc2Cl)c1. The zero-order chi connectivity index (χ0) is 14.0. The summed E-state index contributed by atoms with van der Waals surface area (Å²) in [6.45, 7) is 3.87. The highest BCUT2D eigenvalue weighted by Crippen LogP contribution is 2.23. The van der Waals surface area contributed by atoms with Crippen LogP contribution in [0.25, 0.3) is 0 Å². The molecule has 1 amide bonds. The second-order valence-electron chi connectivity index (χ2n) is 4.44. The van der Waals surface area contributed by atoms with Crippen LogP contribution in [0.5, 0.6) is 5.75 Å². The average Bonchev–Trinajstić information content (AvgIpc) is 2.36. The summed E-state index contributed by atoms with van der Waals surface area (Å²) < 4.78 is 0. The van der Waals surface area contributed by atoms with Crippen molar-refractivity contribution in [3.8, 4) is 5.75 Å². The van der Waals surface area contributed by atoms with Crippen LogP contribution in [0.3, 0.4) is 0 Å². The van der Waals surface area contributed by atoms with Gasteiger partial charge >= 0.3 is 0 Å². The molecule has 0 aliphatic heterocycles. The maximum atomic E-state index is 12.1. The highest BCUT2D eigenvalue weighted by molar-refractivity contribution is 6.34. The number of rotatable bonds is 2. The fourth-order valence-electron chi connectivity index (χ4n) is 1.75. The fraction of sp³-hybridized carbons (Fsp3) is 0.133. The summed E-state index contributed by atoms with van der Waals surface area (Å²) in [6.07, 6.45) is 0. The Kier molecular flexibility index (Phi) is 3.76. The van der Waals surface area contributed by atoms with Crippen molar-refractivity contribution in [1.29, 1.82) is 0 Å². The maximum Gasteiger partial charge on any atom is 0.257 e. The molecule has 0 radical (unpaired) electrons. The molecule has 3 nitrogen and oxygen atoms in total. The van der Waals surface area contributed by atoms with E-state index in [0.29, 0.717) is 5.02 Å². The Balaban J connectivity index is 2.30. The number of benzene rings is 2. The van der Waals surface area contributed by atoms with Crippen LogP contribution < -0.4 is 5.32 Å². The summed E-state index contributed by atoms with van der Waals surface area (Å²) in [7, 11) is 0. The number of nitrogens with one attached hydrogen (secondary N) is 1. The van der Waals surface area contributed by atoms with Crippen LogP contribution in [0, 0.1) is 13.8 Å². The summed E-state index contributed by atoms with van der Waals surface area (Å²) >= 11 is 5.96. The first-order valence-corrected chi connectivity index (χ1v) is 6.22. The number of carbonyl (C=O) groups excluding carboxylic acids is 1. The number of amides is 1. The van der Waals surface area contributed by atoms with E-state index in [1.165, 1.54) is 18.2 Å². The van der Waals surface area contributed by atoms with E-state index in [1.54, 1.807) is 0 Å². The monoisotopic (exact) mass is 275 g/mol. The van der Waals surface area contributed by atoms with Gasteiger partial charge in [0, 0.05) is 5.69 Å². The molecule has 0 aliphatic carbocycles. The summed E-state index contributed by atoms with van der Waals surface area (Å²) in [5.74, 6) is -0.329. The van der Waals surface area contributed by atoms with Crippen molar-refractivity contribution in [1.82, 2.24) is 0 Å². The van der Waals surface area contributed by atoms with E-state index in [1.807, 2.05) is 32.0 Å². The fourth-order valence-corrected chi connectivity index (χ4v) is 1.95. The Morgan fingerprint density at radius 1 is 1.16 bits per heavy atom. The Morgan fingerprint density at radius 2 is 1.89 bits per heavy atom. The topological polar surface area (TPSA) is 49.3 Å². The molecule has 0 saturated heterocycles. The Labute approximate surface area is 116 Å². The molecule has 0 spiro atoms. The number of hydrogen-bond donors (Lipinski definition) is 2. The lowest BCUT2D eigenvalue weighted by Crippen LogP contribution is -2.13. The molecule has 0 atom stereocenters. The number of anilines is 1. The first-order chi connectivity index (χ1) is 8.97. The highest BCUT2D eigenvalue weighted by atomic mass is 35.5. The lowest BCUT2D eigenvalue weighted by Gasteiger charge is -2.10. The minimum atomic E-state index is -0.338. The minimum absolute atomic E-state index is 0.00974. The van der Waals surface area contributed by atoms with Crippen LogP contribution in [0.2, 0.25) is 5.02 Å². The summed E-state index contributed by atoms with van der Waals surface area (Å²) in [5, 5.41) is 12.5. The molecular formula is C15H14ClNO2. The van der Waals surface area contributed by atoms with Gasteiger partial charge in [0.2, 0.25) is 0 Å². The van der Waals surface area contributed by atoms with Crippen molar-refractivity contribution in [2.24, 2.45) is 0 Å². The lowest BCUT2D eigenvalue weighted by molar-refractivity contribution is 0.102. The van der Waals surface area contributed by atoms with E-state index < -0.39 is 0 Å². The normalized spacial score (nSPS) is 10.3. The first-order valence-electron chi connectivity index (χ1n) is 5.84. The molecule has 19 heavy (non-hydrogen) atoms. The smallest absolute Gasteiger partial charge is 0.257 e. The number of carbonyl (C=O) groups is 1. The molecule has 98 valence electrons. The van der Waals surface area contributed by atoms with Gasteiger partial charge in [-0.15, -0.1) is 0 Å². The zero-order valence-electron chi connectivity index (χ0n) is 10.7. The molecule has 2 N–H and O–H groups in total. The number of halogens is 1. The quantitative estimate of drug-likeness (QED) is 0.873. The predicted octanol–water partition coefficient (Wildman–Crippen LogP) is 3.91. The summed E-state index contributed by atoms with van der Waals surface area (Å²) in [5.41, 5.74) is 3.02. The number of aromatic hydroxyl groups is 1. The molecule has 4 heteroatoms. The molecule has 0 bridgehead atoms. The average molecular weight is 276 g/mol. The standard InChI is InChI=1S/C15H14ClNO2/c1-9-3-4-10(2)14(7-9)17-15(19)12-8-11(18)5-6-13(12)16/h3-8,18H,1-2H3,(H,17,19). The minimum Gasteiger partial charge on any atom is -0.508 e. The Morgan fingerprint density at radius 3 is 2.63 bits per heavy atom. The number of phenolic OH excluding ortho intramolecular Hbond substituents is 1. The van der Waals surface area contributed by atoms with Gasteiger partial charge in [0.05, 0.1) is 10.6 Å². The van der Waals surface area contributed by atoms with Crippen molar-refractivity contribution in [2.75, 3.05) is 5.32 Å². The first kappa shape index (κ1) is 13.4. The van der Waals surface area contributed by atoms with Crippen LogP contribution in [0.15, 0.2) is 36.4 Å². The van der Waals surface area contributed by atoms with Crippen molar-refractivity contribution in [2.45, 2.75) is 13.8 Å². The molecule has 0 aliphatic rings. The number of hydrogen-bond acceptors (Lipinski definition) is 2. The second-order valence-corrected chi connectivity index (χ2v) is 4.84. The van der Waals surface area contributed by atoms with E-state index in [4.69, 9.17) is 11.6 Å². The van der Waals surface area contributed by atoms with E-state index in [2.05, 4.69) is 5.32 Å². The van der Waals surface area contributed by atoms with Crippen molar-refractivity contribution >= 4 is 23.2 Å². The zero-order valence-corrected chi connectivity index (χ0v) is 11.5. The van der Waals surface area contributed by atoms with Gasteiger partial charge in [-0.05, 0) is 49.2 Å². The van der Waals surface area contributed by atoms with Crippen molar-refractivity contribution < 1.29 is 9.90 Å². The van der Waals surface area contributed by atoms with Gasteiger partial charge in [-0.1, -0.05) is 23.7 Å². The van der Waals surface area contributed by atoms with Gasteiger partial charge in [-0.3, -0.25) is 4.79 Å². The Bertz CT molecular complexity index is 638. The molecule has 0 fully saturated rings. The number of aryl methyl sites for hydroxylation is 2. The second kappa shape index (κ2) is 5.33. The third-order valence-corrected chi connectivity index (χ3v) is 3.17. The van der Waals surface area contributed by atoms with Crippen LogP contribution in [-0.4, -0.2) is 11.0 Å². The summed E-state index contributed by atoms with van der Waals surface area (Å²) in [6, 6.07) is 10.1. The summed E-state index contributed by atoms with van der Waals surface area (Å²) in [4.78, 5) is 12.1. The van der Waals surface area contributed by atoms with Gasteiger partial charge in [0.15, 0.2) is 0 Å². The van der Waals surface area contributed by atoms with Crippen LogP contribution in [-0.2, 0) is 0 Å². The van der Waals surface area contributed by atoms with Gasteiger partial charge in [0.25, 0.3) is 5.91 Å². The van der Waals surface area contributed by atoms with Gasteiger partial charge in [-0.25, -0.2) is 0 Å². The van der Waals surface area contributed by atoms with Crippen molar-refractivity contribution in [3.63, 3.8) is 0 Å². The molecule has 2 rings (SSSR count). The molecule has 0 aromatic heterocycles. The van der Waals surface area contributed by atoms with Gasteiger partial charge in [0.1, 0.15) is 5.75 Å². The predicted molar refractivity (Wildman–Crippen MR) is 77.0 cm³/mol. The largest absolute Gasteiger partial charge is 0.508 e. The molecule has 2 aromatic rings. The van der Waals surface area contributed by atoms with E-state index in [0.717, 1.165) is 16.8 Å². The van der Waals surface area contributed by atoms with E-state index in [9.17, 15) is 9.90 Å². The molecule has 0 saturated carbocycles. The van der Waals surface area contributed by atoms with Gasteiger partial charge < -0.3 is 10.4 Å². The van der Waals surface area contributed by atoms with Gasteiger partial charge in [-0.2, -0.15) is 0 Å². The molecule has 0 heterocycles. The Hall–Kier alpha value is -2.00. The third kappa shape index (κ3) is 3.06. The number of phenols is 1. The van der Waals surface area contributed by atoms with Crippen LogP contribution in [0.4, 0.5) is 5.69 Å². The highest BCUT2D eigenvalue weighted by Gasteiger charge is 2.12. The van der Waals surface area contributed by atoms with Crippen LogP contribution in [0.1, 0.15) is 21.5 Å². The molecule has 2 aromatic carbocycles. The van der Waals surface area contributed by atoms with E-state index in [-0.39, 0.29) is 17.2 Å². The van der Waals surface area contributed by atoms with Crippen molar-refractivity contribution in [3.05, 3.63) is 58.1 Å². The van der Waals surface area contributed by atoms with Crippen LogP contribution >= 0.6 is 11.6 Å².